The first-order valence-corrected chi connectivity index (χ1v) is 5.59. The summed E-state index contributed by atoms with van der Waals surface area (Å²) in [6.45, 7) is 0. The molecule has 18 heavy (non-hydrogen) atoms. The Balaban J connectivity index is 2.15. The zero-order valence-electron chi connectivity index (χ0n) is 9.12. The minimum absolute atomic E-state index is 0.238. The lowest BCUT2D eigenvalue weighted by molar-refractivity contribution is 0.102. The van der Waals surface area contributed by atoms with E-state index in [0.29, 0.717) is 22.2 Å². The van der Waals surface area contributed by atoms with E-state index in [0.717, 1.165) is 0 Å². The molecule has 0 saturated heterocycles. The van der Waals surface area contributed by atoms with Crippen molar-refractivity contribution in [1.82, 2.24) is 19.6 Å². The van der Waals surface area contributed by atoms with Crippen molar-refractivity contribution < 1.29 is 4.79 Å². The van der Waals surface area contributed by atoms with Gasteiger partial charge < -0.3 is 0 Å². The molecule has 3 aromatic heterocycles. The number of ketones is 1. The second-order valence-electron chi connectivity index (χ2n) is 3.61. The van der Waals surface area contributed by atoms with Crippen LogP contribution in [0.15, 0.2) is 42.7 Å². The van der Waals surface area contributed by atoms with Crippen LogP contribution in [0.4, 0.5) is 0 Å². The highest BCUT2D eigenvalue weighted by Gasteiger charge is 2.16. The molecule has 0 bridgehead atoms. The maximum absolute atomic E-state index is 12.2. The largest absolute Gasteiger partial charge is 0.285 e. The van der Waals surface area contributed by atoms with E-state index in [4.69, 9.17) is 11.6 Å². The second-order valence-corrected chi connectivity index (χ2v) is 4.00. The Hall–Kier alpha value is -2.27. The van der Waals surface area contributed by atoms with E-state index < -0.39 is 0 Å². The first-order valence-electron chi connectivity index (χ1n) is 5.22. The minimum atomic E-state index is -0.238. The summed E-state index contributed by atoms with van der Waals surface area (Å²) in [5.74, 6) is -0.238. The predicted molar refractivity (Wildman–Crippen MR) is 65.7 cm³/mol. The molecule has 0 radical (unpaired) electrons. The number of fused-ring (bicyclic) bond motifs is 1. The van der Waals surface area contributed by atoms with Gasteiger partial charge in [-0.3, -0.25) is 9.78 Å². The Morgan fingerprint density at radius 3 is 2.83 bits per heavy atom. The standard InChI is InChI=1S/C12H7ClN4O/c13-10-4-5-11-15-7-9(17(11)16-10)12(18)8-3-1-2-6-14-8/h1-7H. The fourth-order valence-corrected chi connectivity index (χ4v) is 1.77. The normalized spacial score (nSPS) is 10.7. The Labute approximate surface area is 107 Å². The van der Waals surface area contributed by atoms with Gasteiger partial charge >= 0.3 is 0 Å². The SMILES string of the molecule is O=C(c1ccccn1)c1cnc2ccc(Cl)nn12. The summed E-state index contributed by atoms with van der Waals surface area (Å²) in [6, 6.07) is 8.47. The molecular weight excluding hydrogens is 252 g/mol. The molecule has 0 aliphatic rings. The molecule has 0 fully saturated rings. The number of hydrogen-bond donors (Lipinski definition) is 0. The van der Waals surface area contributed by atoms with Gasteiger partial charge in [0.1, 0.15) is 16.5 Å². The number of pyridine rings is 1. The summed E-state index contributed by atoms with van der Waals surface area (Å²) in [7, 11) is 0. The number of halogens is 1. The fourth-order valence-electron chi connectivity index (χ4n) is 1.63. The number of aromatic nitrogens is 4. The van der Waals surface area contributed by atoms with Crippen molar-refractivity contribution in [3.8, 4) is 0 Å². The van der Waals surface area contributed by atoms with Crippen LogP contribution in [0.2, 0.25) is 5.15 Å². The number of nitrogens with zero attached hydrogens (tertiary/aromatic N) is 4. The third-order valence-electron chi connectivity index (χ3n) is 2.46. The lowest BCUT2D eigenvalue weighted by Crippen LogP contribution is -2.08. The van der Waals surface area contributed by atoms with Gasteiger partial charge in [-0.1, -0.05) is 17.7 Å². The molecule has 3 rings (SSSR count). The van der Waals surface area contributed by atoms with Crippen LogP contribution in [0, 0.1) is 0 Å². The van der Waals surface area contributed by atoms with E-state index in [9.17, 15) is 4.79 Å². The number of carbonyl (C=O) groups excluding carboxylic acids is 1. The molecule has 88 valence electrons. The highest BCUT2D eigenvalue weighted by molar-refractivity contribution is 6.29. The van der Waals surface area contributed by atoms with E-state index in [1.54, 1.807) is 36.5 Å². The van der Waals surface area contributed by atoms with E-state index in [2.05, 4.69) is 15.1 Å². The summed E-state index contributed by atoms with van der Waals surface area (Å²) in [6.07, 6.45) is 3.03. The Bertz CT molecular complexity index is 723. The molecule has 0 saturated carbocycles. The van der Waals surface area contributed by atoms with E-state index >= 15 is 0 Å². The number of hydrogen-bond acceptors (Lipinski definition) is 4. The average molecular weight is 259 g/mol. The quantitative estimate of drug-likeness (QED) is 0.660. The summed E-state index contributed by atoms with van der Waals surface area (Å²) < 4.78 is 1.42. The lowest BCUT2D eigenvalue weighted by atomic mass is 10.2. The molecule has 0 aliphatic heterocycles. The van der Waals surface area contributed by atoms with Gasteiger partial charge in [-0.05, 0) is 24.3 Å². The van der Waals surface area contributed by atoms with Crippen LogP contribution in [0.1, 0.15) is 16.2 Å². The first-order chi connectivity index (χ1) is 8.75. The third-order valence-corrected chi connectivity index (χ3v) is 2.66. The van der Waals surface area contributed by atoms with Gasteiger partial charge in [-0.25, -0.2) is 9.50 Å². The van der Waals surface area contributed by atoms with Crippen LogP contribution < -0.4 is 0 Å². The lowest BCUT2D eigenvalue weighted by Gasteiger charge is -1.99. The van der Waals surface area contributed by atoms with Crippen LogP contribution in [-0.4, -0.2) is 25.4 Å². The summed E-state index contributed by atoms with van der Waals surface area (Å²) >= 11 is 5.81. The van der Waals surface area contributed by atoms with Crippen LogP contribution in [0.3, 0.4) is 0 Å². The van der Waals surface area contributed by atoms with Gasteiger partial charge in [-0.2, -0.15) is 5.10 Å². The van der Waals surface area contributed by atoms with Gasteiger partial charge in [0.15, 0.2) is 5.65 Å². The zero-order valence-corrected chi connectivity index (χ0v) is 9.87. The Kier molecular flexibility index (Phi) is 2.53. The van der Waals surface area contributed by atoms with Gasteiger partial charge in [0, 0.05) is 6.20 Å². The molecule has 6 heteroatoms. The Morgan fingerprint density at radius 1 is 1.17 bits per heavy atom. The second kappa shape index (κ2) is 4.19. The van der Waals surface area contributed by atoms with Gasteiger partial charge in [-0.15, -0.1) is 0 Å². The van der Waals surface area contributed by atoms with Crippen molar-refractivity contribution in [2.45, 2.75) is 0 Å². The van der Waals surface area contributed by atoms with Crippen LogP contribution >= 0.6 is 11.6 Å². The number of carbonyl (C=O) groups is 1. The molecule has 0 atom stereocenters. The summed E-state index contributed by atoms with van der Waals surface area (Å²) in [4.78, 5) is 20.3. The van der Waals surface area contributed by atoms with Crippen molar-refractivity contribution in [3.05, 3.63) is 59.3 Å². The topological polar surface area (TPSA) is 60.2 Å². The predicted octanol–water partition coefficient (Wildman–Crippen LogP) is 2.01. The highest BCUT2D eigenvalue weighted by atomic mass is 35.5. The smallest absolute Gasteiger partial charge is 0.231 e. The maximum Gasteiger partial charge on any atom is 0.231 e. The molecule has 5 nitrogen and oxygen atoms in total. The van der Waals surface area contributed by atoms with Gasteiger partial charge in [0.25, 0.3) is 0 Å². The van der Waals surface area contributed by atoms with Gasteiger partial charge in [0.05, 0.1) is 6.20 Å². The van der Waals surface area contributed by atoms with Gasteiger partial charge in [0.2, 0.25) is 5.78 Å². The summed E-state index contributed by atoms with van der Waals surface area (Å²) in [5.41, 5.74) is 1.26. The van der Waals surface area contributed by atoms with Crippen LogP contribution in [0.5, 0.6) is 0 Å². The van der Waals surface area contributed by atoms with E-state index in [1.807, 2.05) is 0 Å². The maximum atomic E-state index is 12.2. The van der Waals surface area contributed by atoms with Crippen LogP contribution in [-0.2, 0) is 0 Å². The fraction of sp³-hybridized carbons (Fsp3) is 0. The van der Waals surface area contributed by atoms with E-state index in [1.165, 1.54) is 10.7 Å². The minimum Gasteiger partial charge on any atom is -0.285 e. The van der Waals surface area contributed by atoms with Crippen molar-refractivity contribution in [1.29, 1.82) is 0 Å². The Morgan fingerprint density at radius 2 is 2.06 bits per heavy atom. The first kappa shape index (κ1) is 10.9. The number of imidazole rings is 1. The molecule has 0 aliphatic carbocycles. The zero-order chi connectivity index (χ0) is 12.5. The molecule has 3 heterocycles. The molecule has 0 spiro atoms. The highest BCUT2D eigenvalue weighted by Crippen LogP contribution is 2.12. The third kappa shape index (κ3) is 1.74. The number of rotatable bonds is 2. The molecular formula is C12H7ClN4O. The average Bonchev–Trinajstić information content (AvgIpc) is 2.82. The van der Waals surface area contributed by atoms with E-state index in [-0.39, 0.29) is 5.78 Å². The monoisotopic (exact) mass is 258 g/mol. The molecule has 3 aromatic rings. The summed E-state index contributed by atoms with van der Waals surface area (Å²) in [5, 5.41) is 4.35. The molecule has 0 unspecified atom stereocenters. The molecule has 0 amide bonds. The van der Waals surface area contributed by atoms with Crippen molar-refractivity contribution in [3.63, 3.8) is 0 Å². The molecule has 0 N–H and O–H groups in total. The van der Waals surface area contributed by atoms with Crippen molar-refractivity contribution in [2.24, 2.45) is 0 Å². The van der Waals surface area contributed by atoms with Crippen molar-refractivity contribution in [2.75, 3.05) is 0 Å². The molecule has 0 aromatic carbocycles. The van der Waals surface area contributed by atoms with Crippen molar-refractivity contribution >= 4 is 23.0 Å². The van der Waals surface area contributed by atoms with Crippen LogP contribution in [0.25, 0.3) is 5.65 Å².